The number of amides is 1. The van der Waals surface area contributed by atoms with Gasteiger partial charge in [0.1, 0.15) is 12.4 Å². The minimum absolute atomic E-state index is 0.0551. The fraction of sp³-hybridized carbons (Fsp3) is 0.500. The van der Waals surface area contributed by atoms with Crippen molar-refractivity contribution in [3.8, 4) is 5.75 Å². The van der Waals surface area contributed by atoms with Crippen molar-refractivity contribution in [1.82, 2.24) is 5.32 Å². The molecule has 4 nitrogen and oxygen atoms in total. The average molecular weight is 287 g/mol. The molecule has 0 atom stereocenters. The molecule has 1 rings (SSSR count). The third kappa shape index (κ3) is 6.47. The smallest absolute Gasteiger partial charge is 0.387 e. The summed E-state index contributed by atoms with van der Waals surface area (Å²) in [6.07, 6.45) is 0. The van der Waals surface area contributed by atoms with Gasteiger partial charge in [-0.15, -0.1) is 0 Å². The molecule has 0 aliphatic heterocycles. The van der Waals surface area contributed by atoms with E-state index in [1.165, 1.54) is 6.07 Å². The minimum atomic E-state index is -2.89. The SMILES string of the molecule is CC(C)(C)OCC(=O)NCc1ccccc1OC(F)F. The Hall–Kier alpha value is -1.69. The highest BCUT2D eigenvalue weighted by atomic mass is 19.3. The number of carbonyl (C=O) groups excluding carboxylic acids is 1. The zero-order valence-corrected chi connectivity index (χ0v) is 11.8. The second-order valence-corrected chi connectivity index (χ2v) is 5.16. The molecule has 0 fully saturated rings. The molecule has 1 amide bonds. The zero-order chi connectivity index (χ0) is 15.2. The molecular formula is C14H19F2NO3. The summed E-state index contributed by atoms with van der Waals surface area (Å²) >= 11 is 0. The summed E-state index contributed by atoms with van der Waals surface area (Å²) in [4.78, 5) is 11.6. The molecule has 0 aromatic heterocycles. The van der Waals surface area contributed by atoms with Gasteiger partial charge in [-0.2, -0.15) is 8.78 Å². The van der Waals surface area contributed by atoms with Gasteiger partial charge in [-0.25, -0.2) is 0 Å². The van der Waals surface area contributed by atoms with E-state index >= 15 is 0 Å². The van der Waals surface area contributed by atoms with Gasteiger partial charge < -0.3 is 14.8 Å². The lowest BCUT2D eigenvalue weighted by atomic mass is 10.2. The van der Waals surface area contributed by atoms with E-state index in [9.17, 15) is 13.6 Å². The average Bonchev–Trinajstić information content (AvgIpc) is 2.34. The summed E-state index contributed by atoms with van der Waals surface area (Å²) in [5, 5.41) is 2.60. The Morgan fingerprint density at radius 2 is 1.95 bits per heavy atom. The van der Waals surface area contributed by atoms with E-state index in [1.54, 1.807) is 18.2 Å². The van der Waals surface area contributed by atoms with Crippen molar-refractivity contribution in [3.05, 3.63) is 29.8 Å². The number of hydrogen-bond donors (Lipinski definition) is 1. The van der Waals surface area contributed by atoms with Gasteiger partial charge in [0.2, 0.25) is 5.91 Å². The summed E-state index contributed by atoms with van der Waals surface area (Å²) in [5.74, 6) is -0.258. The van der Waals surface area contributed by atoms with E-state index < -0.39 is 12.2 Å². The van der Waals surface area contributed by atoms with Crippen molar-refractivity contribution in [2.24, 2.45) is 0 Å². The zero-order valence-electron chi connectivity index (χ0n) is 11.8. The standard InChI is InChI=1S/C14H19F2NO3/c1-14(2,3)19-9-12(18)17-8-10-6-4-5-7-11(10)20-13(15)16/h4-7,13H,8-9H2,1-3H3,(H,17,18). The quantitative estimate of drug-likeness (QED) is 0.875. The van der Waals surface area contributed by atoms with Gasteiger partial charge in [0.05, 0.1) is 5.60 Å². The Kier molecular flexibility index (Phi) is 5.88. The highest BCUT2D eigenvalue weighted by Crippen LogP contribution is 2.19. The first-order valence-corrected chi connectivity index (χ1v) is 6.21. The van der Waals surface area contributed by atoms with Crippen LogP contribution in [0, 0.1) is 0 Å². The predicted octanol–water partition coefficient (Wildman–Crippen LogP) is 2.72. The topological polar surface area (TPSA) is 47.6 Å². The van der Waals surface area contributed by atoms with Crippen LogP contribution in [0.1, 0.15) is 26.3 Å². The molecule has 0 radical (unpaired) electrons. The molecule has 1 N–H and O–H groups in total. The van der Waals surface area contributed by atoms with Crippen LogP contribution in [-0.4, -0.2) is 24.7 Å². The van der Waals surface area contributed by atoms with Crippen LogP contribution in [0.4, 0.5) is 8.78 Å². The molecule has 0 saturated heterocycles. The number of rotatable bonds is 6. The molecule has 20 heavy (non-hydrogen) atoms. The number of nitrogens with one attached hydrogen (secondary N) is 1. The first-order chi connectivity index (χ1) is 9.28. The molecule has 0 aliphatic carbocycles. The number of carbonyl (C=O) groups is 1. The van der Waals surface area contributed by atoms with Crippen LogP contribution in [0.3, 0.4) is 0 Å². The number of hydrogen-bond acceptors (Lipinski definition) is 3. The van der Waals surface area contributed by atoms with Crippen LogP contribution in [-0.2, 0) is 16.1 Å². The molecule has 0 aliphatic rings. The minimum Gasteiger partial charge on any atom is -0.434 e. The third-order valence-electron chi connectivity index (χ3n) is 2.30. The number of ether oxygens (including phenoxy) is 2. The number of benzene rings is 1. The lowest BCUT2D eigenvalue weighted by Gasteiger charge is -2.19. The Balaban J connectivity index is 2.51. The van der Waals surface area contributed by atoms with E-state index in [0.29, 0.717) is 5.56 Å². The van der Waals surface area contributed by atoms with Crippen molar-refractivity contribution < 1.29 is 23.0 Å². The maximum Gasteiger partial charge on any atom is 0.387 e. The summed E-state index contributed by atoms with van der Waals surface area (Å²) in [6, 6.07) is 6.32. The third-order valence-corrected chi connectivity index (χ3v) is 2.30. The lowest BCUT2D eigenvalue weighted by molar-refractivity contribution is -0.130. The molecule has 112 valence electrons. The normalized spacial score (nSPS) is 11.5. The Bertz CT molecular complexity index is 444. The Labute approximate surface area is 117 Å². The predicted molar refractivity (Wildman–Crippen MR) is 70.6 cm³/mol. The van der Waals surface area contributed by atoms with E-state index in [-0.39, 0.29) is 24.8 Å². The molecule has 0 unspecified atom stereocenters. The molecule has 1 aromatic carbocycles. The maximum absolute atomic E-state index is 12.2. The molecular weight excluding hydrogens is 268 g/mol. The van der Waals surface area contributed by atoms with Gasteiger partial charge in [0, 0.05) is 12.1 Å². The van der Waals surface area contributed by atoms with Crippen molar-refractivity contribution in [3.63, 3.8) is 0 Å². The van der Waals surface area contributed by atoms with Crippen molar-refractivity contribution in [2.75, 3.05) is 6.61 Å². The van der Waals surface area contributed by atoms with Gasteiger partial charge >= 0.3 is 6.61 Å². The van der Waals surface area contributed by atoms with Gasteiger partial charge in [0.15, 0.2) is 0 Å². The summed E-state index contributed by atoms with van der Waals surface area (Å²) in [7, 11) is 0. The van der Waals surface area contributed by atoms with Crippen LogP contribution in [0.25, 0.3) is 0 Å². The van der Waals surface area contributed by atoms with Gasteiger partial charge in [0.25, 0.3) is 0 Å². The molecule has 0 saturated carbocycles. The second-order valence-electron chi connectivity index (χ2n) is 5.16. The number of alkyl halides is 2. The van der Waals surface area contributed by atoms with Gasteiger partial charge in [-0.3, -0.25) is 4.79 Å². The molecule has 1 aromatic rings. The Morgan fingerprint density at radius 1 is 1.30 bits per heavy atom. The number of halogens is 2. The fourth-order valence-electron chi connectivity index (χ4n) is 1.39. The van der Waals surface area contributed by atoms with Gasteiger partial charge in [-0.05, 0) is 26.8 Å². The van der Waals surface area contributed by atoms with Crippen LogP contribution >= 0.6 is 0 Å². The number of para-hydroxylation sites is 1. The van der Waals surface area contributed by atoms with Gasteiger partial charge in [-0.1, -0.05) is 18.2 Å². The van der Waals surface area contributed by atoms with E-state index in [0.717, 1.165) is 0 Å². The van der Waals surface area contributed by atoms with Crippen LogP contribution < -0.4 is 10.1 Å². The summed E-state index contributed by atoms with van der Waals surface area (Å²) in [5.41, 5.74) is 0.0746. The summed E-state index contributed by atoms with van der Waals surface area (Å²) in [6.45, 7) is 2.65. The van der Waals surface area contributed by atoms with Crippen LogP contribution in [0.15, 0.2) is 24.3 Å². The van der Waals surface area contributed by atoms with Crippen molar-refractivity contribution in [1.29, 1.82) is 0 Å². The largest absolute Gasteiger partial charge is 0.434 e. The molecule has 0 bridgehead atoms. The van der Waals surface area contributed by atoms with Crippen molar-refractivity contribution >= 4 is 5.91 Å². The van der Waals surface area contributed by atoms with Crippen LogP contribution in [0.5, 0.6) is 5.75 Å². The van der Waals surface area contributed by atoms with E-state index in [4.69, 9.17) is 4.74 Å². The first kappa shape index (κ1) is 16.4. The fourth-order valence-corrected chi connectivity index (χ4v) is 1.39. The highest BCUT2D eigenvalue weighted by Gasteiger charge is 2.14. The van der Waals surface area contributed by atoms with E-state index in [1.807, 2.05) is 20.8 Å². The van der Waals surface area contributed by atoms with Crippen LogP contribution in [0.2, 0.25) is 0 Å². The van der Waals surface area contributed by atoms with Crippen molar-refractivity contribution in [2.45, 2.75) is 39.5 Å². The first-order valence-electron chi connectivity index (χ1n) is 6.21. The molecule has 0 spiro atoms. The monoisotopic (exact) mass is 287 g/mol. The maximum atomic E-state index is 12.2. The molecule has 0 heterocycles. The highest BCUT2D eigenvalue weighted by molar-refractivity contribution is 5.77. The summed E-state index contributed by atoms with van der Waals surface area (Å²) < 4.78 is 34.1. The van der Waals surface area contributed by atoms with E-state index in [2.05, 4.69) is 10.1 Å². The second kappa shape index (κ2) is 7.19. The lowest BCUT2D eigenvalue weighted by Crippen LogP contribution is -2.31. The molecule has 6 heteroatoms. The Morgan fingerprint density at radius 3 is 2.55 bits per heavy atom.